The summed E-state index contributed by atoms with van der Waals surface area (Å²) >= 11 is 0. The van der Waals surface area contributed by atoms with Gasteiger partial charge in [-0.25, -0.2) is 8.42 Å². The van der Waals surface area contributed by atoms with Crippen LogP contribution in [0.1, 0.15) is 32.6 Å². The molecule has 1 saturated heterocycles. The molecule has 7 heteroatoms. The van der Waals surface area contributed by atoms with Crippen molar-refractivity contribution < 1.29 is 17.9 Å². The Morgan fingerprint density at radius 2 is 2.04 bits per heavy atom. The van der Waals surface area contributed by atoms with Crippen LogP contribution in [0.2, 0.25) is 0 Å². The van der Waals surface area contributed by atoms with Gasteiger partial charge in [0.25, 0.3) is 0 Å². The van der Waals surface area contributed by atoms with E-state index in [1.54, 1.807) is 24.3 Å². The molecule has 134 valence electrons. The van der Waals surface area contributed by atoms with Crippen molar-refractivity contribution in [3.63, 3.8) is 0 Å². The van der Waals surface area contributed by atoms with E-state index in [4.69, 9.17) is 4.74 Å². The summed E-state index contributed by atoms with van der Waals surface area (Å²) in [5, 5.41) is 2.90. The highest BCUT2D eigenvalue weighted by molar-refractivity contribution is 7.89. The average molecular weight is 354 g/mol. The molecule has 0 radical (unpaired) electrons. The lowest BCUT2D eigenvalue weighted by Crippen LogP contribution is -2.45. The van der Waals surface area contributed by atoms with E-state index in [1.165, 1.54) is 11.4 Å². The average Bonchev–Trinajstić information content (AvgIpc) is 2.62. The topological polar surface area (TPSA) is 75.7 Å². The molecule has 1 N–H and O–H groups in total. The van der Waals surface area contributed by atoms with E-state index >= 15 is 0 Å². The lowest BCUT2D eigenvalue weighted by atomic mass is 9.99. The van der Waals surface area contributed by atoms with Crippen molar-refractivity contribution in [3.05, 3.63) is 24.3 Å². The maximum absolute atomic E-state index is 12.8. The SMILES string of the molecule is CCCCNC(=O)[C@@H]1CCCN(S(=O)(=O)c2ccc(OC)cc2)C1. The van der Waals surface area contributed by atoms with Crippen molar-refractivity contribution in [2.24, 2.45) is 5.92 Å². The molecule has 1 aliphatic rings. The lowest BCUT2D eigenvalue weighted by Gasteiger charge is -2.31. The van der Waals surface area contributed by atoms with Crippen LogP contribution in [0, 0.1) is 5.92 Å². The number of hydrogen-bond donors (Lipinski definition) is 1. The van der Waals surface area contributed by atoms with Crippen LogP contribution in [0.25, 0.3) is 0 Å². The zero-order valence-electron chi connectivity index (χ0n) is 14.3. The Morgan fingerprint density at radius 3 is 2.67 bits per heavy atom. The van der Waals surface area contributed by atoms with Gasteiger partial charge in [0.1, 0.15) is 5.75 Å². The third-order valence-corrected chi connectivity index (χ3v) is 6.16. The lowest BCUT2D eigenvalue weighted by molar-refractivity contribution is -0.126. The molecule has 1 heterocycles. The molecular formula is C17H26N2O4S. The number of amides is 1. The maximum Gasteiger partial charge on any atom is 0.243 e. The first-order chi connectivity index (χ1) is 11.5. The predicted octanol–water partition coefficient (Wildman–Crippen LogP) is 2.01. The van der Waals surface area contributed by atoms with Gasteiger partial charge in [0, 0.05) is 19.6 Å². The third-order valence-electron chi connectivity index (χ3n) is 4.28. The highest BCUT2D eigenvalue weighted by Gasteiger charge is 2.33. The molecule has 0 spiro atoms. The molecule has 0 bridgehead atoms. The van der Waals surface area contributed by atoms with E-state index in [0.717, 1.165) is 19.3 Å². The fraction of sp³-hybridized carbons (Fsp3) is 0.588. The van der Waals surface area contributed by atoms with E-state index in [-0.39, 0.29) is 23.3 Å². The second-order valence-corrected chi connectivity index (χ2v) is 7.96. The number of sulfonamides is 1. The quantitative estimate of drug-likeness (QED) is 0.760. The van der Waals surface area contributed by atoms with E-state index in [1.807, 2.05) is 0 Å². The summed E-state index contributed by atoms with van der Waals surface area (Å²) in [4.78, 5) is 12.4. The summed E-state index contributed by atoms with van der Waals surface area (Å²) in [7, 11) is -2.04. The standard InChI is InChI=1S/C17H26N2O4S/c1-3-4-11-18-17(20)14-6-5-12-19(13-14)24(21,22)16-9-7-15(23-2)8-10-16/h7-10,14H,3-6,11-13H2,1-2H3,(H,18,20)/t14-/m1/s1. The van der Waals surface area contributed by atoms with E-state index in [9.17, 15) is 13.2 Å². The number of unbranched alkanes of at least 4 members (excludes halogenated alkanes) is 1. The first-order valence-corrected chi connectivity index (χ1v) is 9.85. The number of rotatable bonds is 7. The Labute approximate surface area is 144 Å². The second-order valence-electron chi connectivity index (χ2n) is 6.02. The van der Waals surface area contributed by atoms with Crippen LogP contribution < -0.4 is 10.1 Å². The highest BCUT2D eigenvalue weighted by atomic mass is 32.2. The van der Waals surface area contributed by atoms with Gasteiger partial charge in [0.15, 0.2) is 0 Å². The van der Waals surface area contributed by atoms with Gasteiger partial charge in [-0.3, -0.25) is 4.79 Å². The Hall–Kier alpha value is -1.60. The number of hydrogen-bond acceptors (Lipinski definition) is 4. The van der Waals surface area contributed by atoms with Crippen molar-refractivity contribution in [2.45, 2.75) is 37.5 Å². The highest BCUT2D eigenvalue weighted by Crippen LogP contribution is 2.25. The van der Waals surface area contributed by atoms with Gasteiger partial charge in [-0.15, -0.1) is 0 Å². The number of nitrogens with zero attached hydrogens (tertiary/aromatic N) is 1. The number of methoxy groups -OCH3 is 1. The molecule has 0 aromatic heterocycles. The molecule has 1 atom stereocenters. The number of carbonyl (C=O) groups excluding carboxylic acids is 1. The molecule has 6 nitrogen and oxygen atoms in total. The van der Waals surface area contributed by atoms with Crippen molar-refractivity contribution >= 4 is 15.9 Å². The summed E-state index contributed by atoms with van der Waals surface area (Å²) in [6.45, 7) is 3.41. The van der Waals surface area contributed by atoms with Crippen molar-refractivity contribution in [3.8, 4) is 5.75 Å². The van der Waals surface area contributed by atoms with Crippen molar-refractivity contribution in [1.29, 1.82) is 0 Å². The minimum Gasteiger partial charge on any atom is -0.497 e. The predicted molar refractivity (Wildman–Crippen MR) is 92.4 cm³/mol. The number of piperidine rings is 1. The zero-order chi connectivity index (χ0) is 17.6. The fourth-order valence-electron chi connectivity index (χ4n) is 2.80. The molecule has 24 heavy (non-hydrogen) atoms. The fourth-order valence-corrected chi connectivity index (χ4v) is 4.33. The van der Waals surface area contributed by atoms with Gasteiger partial charge < -0.3 is 10.1 Å². The summed E-state index contributed by atoms with van der Waals surface area (Å²) in [6.07, 6.45) is 3.38. The van der Waals surface area contributed by atoms with E-state index in [2.05, 4.69) is 12.2 Å². The van der Waals surface area contributed by atoms with Crippen LogP contribution in [-0.4, -0.2) is 45.4 Å². The van der Waals surface area contributed by atoms with Gasteiger partial charge in [-0.05, 0) is 43.5 Å². The maximum atomic E-state index is 12.8. The van der Waals surface area contributed by atoms with E-state index in [0.29, 0.717) is 25.3 Å². The van der Waals surface area contributed by atoms with Crippen LogP contribution in [0.5, 0.6) is 5.75 Å². The first kappa shape index (κ1) is 18.7. The molecule has 1 fully saturated rings. The largest absolute Gasteiger partial charge is 0.497 e. The Kier molecular flexibility index (Phi) is 6.62. The van der Waals surface area contributed by atoms with Gasteiger partial charge >= 0.3 is 0 Å². The van der Waals surface area contributed by atoms with Gasteiger partial charge in [0.05, 0.1) is 17.9 Å². The zero-order valence-corrected chi connectivity index (χ0v) is 15.1. The van der Waals surface area contributed by atoms with Gasteiger partial charge in [-0.2, -0.15) is 4.31 Å². The molecule has 1 aliphatic heterocycles. The minimum absolute atomic E-state index is 0.0434. The minimum atomic E-state index is -3.58. The van der Waals surface area contributed by atoms with Gasteiger partial charge in [0.2, 0.25) is 15.9 Å². The normalized spacial score (nSPS) is 19.0. The number of carbonyl (C=O) groups is 1. The molecule has 1 amide bonds. The monoisotopic (exact) mass is 354 g/mol. The summed E-state index contributed by atoms with van der Waals surface area (Å²) in [6, 6.07) is 6.34. The van der Waals surface area contributed by atoms with Crippen LogP contribution in [0.4, 0.5) is 0 Å². The van der Waals surface area contributed by atoms with Crippen LogP contribution in [0.3, 0.4) is 0 Å². The summed E-state index contributed by atoms with van der Waals surface area (Å²) < 4.78 is 32.0. The molecule has 0 saturated carbocycles. The second kappa shape index (κ2) is 8.48. The van der Waals surface area contributed by atoms with Crippen LogP contribution >= 0.6 is 0 Å². The first-order valence-electron chi connectivity index (χ1n) is 8.41. The van der Waals surface area contributed by atoms with Crippen molar-refractivity contribution in [1.82, 2.24) is 9.62 Å². The number of nitrogens with one attached hydrogen (secondary N) is 1. The van der Waals surface area contributed by atoms with Crippen LogP contribution in [-0.2, 0) is 14.8 Å². The summed E-state index contributed by atoms with van der Waals surface area (Å²) in [5.74, 6) is 0.294. The molecule has 1 aromatic carbocycles. The Balaban J connectivity index is 2.05. The summed E-state index contributed by atoms with van der Waals surface area (Å²) in [5.41, 5.74) is 0. The molecule has 0 unspecified atom stereocenters. The Bertz CT molecular complexity index is 643. The molecule has 2 rings (SSSR count). The smallest absolute Gasteiger partial charge is 0.243 e. The van der Waals surface area contributed by atoms with Gasteiger partial charge in [-0.1, -0.05) is 13.3 Å². The number of ether oxygens (including phenoxy) is 1. The molecule has 1 aromatic rings. The third kappa shape index (κ3) is 4.48. The van der Waals surface area contributed by atoms with Crippen molar-refractivity contribution in [2.75, 3.05) is 26.7 Å². The Morgan fingerprint density at radius 1 is 1.33 bits per heavy atom. The van der Waals surface area contributed by atoms with E-state index < -0.39 is 10.0 Å². The number of benzene rings is 1. The molecular weight excluding hydrogens is 328 g/mol. The molecule has 0 aliphatic carbocycles. The van der Waals surface area contributed by atoms with Crippen LogP contribution in [0.15, 0.2) is 29.2 Å².